The number of rotatable bonds is 2. The summed E-state index contributed by atoms with van der Waals surface area (Å²) in [5.74, 6) is -4.44. The van der Waals surface area contributed by atoms with Gasteiger partial charge in [-0.1, -0.05) is 70.0 Å². The Morgan fingerprint density at radius 2 is 1.47 bits per heavy atom. The third-order valence-electron chi connectivity index (χ3n) is 6.97. The second-order valence-corrected chi connectivity index (χ2v) is 9.80. The van der Waals surface area contributed by atoms with Gasteiger partial charge < -0.3 is 4.74 Å². The lowest BCUT2D eigenvalue weighted by molar-refractivity contribution is -0.127. The summed E-state index contributed by atoms with van der Waals surface area (Å²) >= 11 is 3.36. The monoisotopic (exact) mass is 515 g/mol. The average molecular weight is 516 g/mol. The molecule has 0 radical (unpaired) electrons. The predicted octanol–water partition coefficient (Wildman–Crippen LogP) is 4.45. The van der Waals surface area contributed by atoms with Crippen LogP contribution in [-0.4, -0.2) is 29.0 Å². The van der Waals surface area contributed by atoms with E-state index in [2.05, 4.69) is 15.9 Å². The molecule has 2 aliphatic heterocycles. The van der Waals surface area contributed by atoms with Crippen LogP contribution in [0.4, 0.5) is 5.69 Å². The molecule has 3 aromatic rings. The van der Waals surface area contributed by atoms with E-state index in [-0.39, 0.29) is 11.1 Å². The number of carbonyl (C=O) groups is 4. The Hall–Kier alpha value is -3.42. The molecule has 6 nitrogen and oxygen atoms in total. The van der Waals surface area contributed by atoms with Crippen LogP contribution in [0.3, 0.4) is 0 Å². The van der Waals surface area contributed by atoms with Crippen LogP contribution in [0, 0.1) is 18.8 Å². The maximum Gasteiger partial charge on any atom is 0.241 e. The van der Waals surface area contributed by atoms with E-state index in [1.54, 1.807) is 54.6 Å². The molecule has 1 aliphatic carbocycles. The van der Waals surface area contributed by atoms with E-state index in [1.165, 1.54) is 0 Å². The summed E-state index contributed by atoms with van der Waals surface area (Å²) in [6, 6.07) is 20.6. The Balaban J connectivity index is 1.55. The van der Waals surface area contributed by atoms with Crippen molar-refractivity contribution in [2.24, 2.45) is 11.8 Å². The summed E-state index contributed by atoms with van der Waals surface area (Å²) in [7, 11) is 0. The van der Waals surface area contributed by atoms with Crippen molar-refractivity contribution >= 4 is 45.0 Å². The van der Waals surface area contributed by atoms with Gasteiger partial charge in [-0.3, -0.25) is 19.2 Å². The van der Waals surface area contributed by atoms with E-state index in [0.717, 1.165) is 14.9 Å². The number of fused-ring (bicyclic) bond motifs is 3. The minimum atomic E-state index is -2.06. The number of carbonyl (C=O) groups excluding carboxylic acids is 4. The zero-order chi connectivity index (χ0) is 23.8. The second kappa shape index (κ2) is 7.29. The highest BCUT2D eigenvalue weighted by Crippen LogP contribution is 2.57. The summed E-state index contributed by atoms with van der Waals surface area (Å²) in [5, 5.41) is 0. The lowest BCUT2D eigenvalue weighted by Gasteiger charge is -2.27. The van der Waals surface area contributed by atoms with Crippen molar-refractivity contribution in [1.82, 2.24) is 0 Å². The molecule has 2 saturated heterocycles. The normalized spacial score (nSPS) is 24.8. The summed E-state index contributed by atoms with van der Waals surface area (Å²) in [4.78, 5) is 56.2. The lowest BCUT2D eigenvalue weighted by Crippen LogP contribution is -2.51. The number of benzene rings is 3. The summed E-state index contributed by atoms with van der Waals surface area (Å²) < 4.78 is 7.09. The molecule has 0 aromatic heterocycles. The van der Waals surface area contributed by atoms with Crippen molar-refractivity contribution in [3.63, 3.8) is 0 Å². The van der Waals surface area contributed by atoms with Crippen LogP contribution in [0.25, 0.3) is 0 Å². The number of halogens is 1. The second-order valence-electron chi connectivity index (χ2n) is 8.88. The van der Waals surface area contributed by atoms with Crippen LogP contribution in [0.1, 0.15) is 37.9 Å². The molecule has 1 spiro atoms. The minimum Gasteiger partial charge on any atom is -0.349 e. The molecular weight excluding hydrogens is 498 g/mol. The number of amides is 2. The molecule has 6 rings (SSSR count). The van der Waals surface area contributed by atoms with E-state index in [1.807, 2.05) is 25.1 Å². The molecule has 0 N–H and O–H groups in total. The van der Waals surface area contributed by atoms with Crippen LogP contribution >= 0.6 is 15.9 Å². The Morgan fingerprint density at radius 1 is 0.824 bits per heavy atom. The van der Waals surface area contributed by atoms with Crippen LogP contribution in [-0.2, 0) is 14.3 Å². The number of aryl methyl sites for hydroxylation is 1. The van der Waals surface area contributed by atoms with E-state index < -0.39 is 46.9 Å². The number of anilines is 1. The lowest BCUT2D eigenvalue weighted by atomic mass is 9.77. The Kier molecular flexibility index (Phi) is 4.53. The average Bonchev–Trinajstić information content (AvgIpc) is 3.40. The number of nitrogens with zero attached hydrogens (tertiary/aromatic N) is 1. The standard InChI is InChI=1S/C27H18BrNO5/c1-14-5-4-6-15(13-14)22-20-21(26(33)29(25(20)32)17-11-9-16(28)10-12-17)27(34-22)23(30)18-7-2-3-8-19(18)24(27)31/h2-13,20-22H,1H3/t20-,21-,22+/m1/s1. The Morgan fingerprint density at radius 3 is 2.09 bits per heavy atom. The van der Waals surface area contributed by atoms with E-state index >= 15 is 0 Å². The molecule has 0 saturated carbocycles. The third-order valence-corrected chi connectivity index (χ3v) is 7.50. The molecule has 0 bridgehead atoms. The first-order valence-electron chi connectivity index (χ1n) is 10.9. The SMILES string of the molecule is Cc1cccc([C@@H]2OC3(C(=O)c4ccccc4C3=O)[C@H]3C(=O)N(c4ccc(Br)cc4)C(=O)[C@@H]23)c1. The van der Waals surface area contributed by atoms with Crippen molar-refractivity contribution in [2.45, 2.75) is 18.6 Å². The number of Topliss-reactive ketones (excluding diaryl/α,β-unsaturated/α-hetero) is 2. The highest BCUT2D eigenvalue weighted by molar-refractivity contribution is 9.10. The Labute approximate surface area is 203 Å². The van der Waals surface area contributed by atoms with Gasteiger partial charge in [-0.25, -0.2) is 4.90 Å². The minimum absolute atomic E-state index is 0.221. The molecule has 3 atom stereocenters. The van der Waals surface area contributed by atoms with Crippen molar-refractivity contribution in [1.29, 1.82) is 0 Å². The van der Waals surface area contributed by atoms with Crippen molar-refractivity contribution in [3.05, 3.63) is 99.5 Å². The van der Waals surface area contributed by atoms with Gasteiger partial charge in [0, 0.05) is 15.6 Å². The highest BCUT2D eigenvalue weighted by Gasteiger charge is 2.74. The number of hydrogen-bond donors (Lipinski definition) is 0. The molecule has 0 unspecified atom stereocenters. The van der Waals surface area contributed by atoms with Gasteiger partial charge in [0.25, 0.3) is 0 Å². The summed E-state index contributed by atoms with van der Waals surface area (Å²) in [6.07, 6.45) is -0.913. The third kappa shape index (κ3) is 2.65. The van der Waals surface area contributed by atoms with E-state index in [0.29, 0.717) is 11.3 Å². The summed E-state index contributed by atoms with van der Waals surface area (Å²) in [6.45, 7) is 1.91. The first-order chi connectivity index (χ1) is 16.3. The fraction of sp³-hybridized carbons (Fsp3) is 0.185. The van der Waals surface area contributed by atoms with Gasteiger partial charge in [-0.2, -0.15) is 0 Å². The fourth-order valence-corrected chi connectivity index (χ4v) is 5.77. The van der Waals surface area contributed by atoms with Gasteiger partial charge >= 0.3 is 0 Å². The van der Waals surface area contributed by atoms with Crippen LogP contribution in [0.15, 0.2) is 77.3 Å². The molecule has 2 amide bonds. The maximum atomic E-state index is 13.8. The van der Waals surface area contributed by atoms with E-state index in [4.69, 9.17) is 4.74 Å². The predicted molar refractivity (Wildman–Crippen MR) is 126 cm³/mol. The molecule has 168 valence electrons. The van der Waals surface area contributed by atoms with Gasteiger partial charge in [0.2, 0.25) is 29.0 Å². The Bertz CT molecular complexity index is 1380. The van der Waals surface area contributed by atoms with Crippen LogP contribution in [0.5, 0.6) is 0 Å². The number of ether oxygens (including phenoxy) is 1. The van der Waals surface area contributed by atoms with Gasteiger partial charge in [-0.15, -0.1) is 0 Å². The van der Waals surface area contributed by atoms with Crippen LogP contribution < -0.4 is 4.90 Å². The number of ketones is 2. The number of hydrogen-bond acceptors (Lipinski definition) is 5. The highest BCUT2D eigenvalue weighted by atomic mass is 79.9. The van der Waals surface area contributed by atoms with Crippen LogP contribution in [0.2, 0.25) is 0 Å². The molecule has 34 heavy (non-hydrogen) atoms. The molecule has 7 heteroatoms. The molecular formula is C27H18BrNO5. The first kappa shape index (κ1) is 21.1. The van der Waals surface area contributed by atoms with Crippen molar-refractivity contribution < 1.29 is 23.9 Å². The molecule has 3 aromatic carbocycles. The summed E-state index contributed by atoms with van der Waals surface area (Å²) in [5.41, 5.74) is 0.368. The zero-order valence-corrected chi connectivity index (χ0v) is 19.6. The topological polar surface area (TPSA) is 80.8 Å². The number of imide groups is 1. The molecule has 3 aliphatic rings. The molecule has 2 heterocycles. The zero-order valence-electron chi connectivity index (χ0n) is 18.0. The quantitative estimate of drug-likeness (QED) is 0.372. The van der Waals surface area contributed by atoms with Gasteiger partial charge in [0.05, 0.1) is 23.6 Å². The van der Waals surface area contributed by atoms with Gasteiger partial charge in [0.15, 0.2) is 0 Å². The largest absolute Gasteiger partial charge is 0.349 e. The maximum absolute atomic E-state index is 13.8. The molecule has 2 fully saturated rings. The van der Waals surface area contributed by atoms with Crippen molar-refractivity contribution in [3.8, 4) is 0 Å². The van der Waals surface area contributed by atoms with Gasteiger partial charge in [-0.05, 0) is 36.8 Å². The first-order valence-corrected chi connectivity index (χ1v) is 11.7. The van der Waals surface area contributed by atoms with Crippen molar-refractivity contribution in [2.75, 3.05) is 4.90 Å². The smallest absolute Gasteiger partial charge is 0.241 e. The fourth-order valence-electron chi connectivity index (χ4n) is 5.51. The van der Waals surface area contributed by atoms with Gasteiger partial charge in [0.1, 0.15) is 0 Å². The van der Waals surface area contributed by atoms with E-state index in [9.17, 15) is 19.2 Å².